The van der Waals surface area contributed by atoms with Crippen LogP contribution in [-0.4, -0.2) is 48.2 Å². The quantitative estimate of drug-likeness (QED) is 0.125. The highest BCUT2D eigenvalue weighted by Crippen LogP contribution is 2.50. The molecule has 0 unspecified atom stereocenters. The normalized spacial score (nSPS) is 23.5. The zero-order chi connectivity index (χ0) is 30.2. The maximum atomic E-state index is 13.7. The maximum Gasteiger partial charge on any atom is 0.234 e. The summed E-state index contributed by atoms with van der Waals surface area (Å²) in [5, 5.41) is 14.2. The lowest BCUT2D eigenvalue weighted by Gasteiger charge is -2.31. The largest absolute Gasteiger partial charge is 0.507 e. The van der Waals surface area contributed by atoms with Crippen molar-refractivity contribution in [1.29, 1.82) is 0 Å². The minimum absolute atomic E-state index is 0.0688. The molecule has 3 aromatic carbocycles. The van der Waals surface area contributed by atoms with Gasteiger partial charge in [0.1, 0.15) is 5.75 Å². The Bertz CT molecular complexity index is 1760. The van der Waals surface area contributed by atoms with E-state index in [1.54, 1.807) is 24.5 Å². The van der Waals surface area contributed by atoms with Crippen molar-refractivity contribution >= 4 is 45.6 Å². The highest BCUT2D eigenvalue weighted by molar-refractivity contribution is 7.09. The van der Waals surface area contributed by atoms with Crippen molar-refractivity contribution in [3.05, 3.63) is 111 Å². The van der Waals surface area contributed by atoms with Crippen LogP contribution in [0.3, 0.4) is 0 Å². The number of allylic oxidation sites excluding steroid dienone is 1. The summed E-state index contributed by atoms with van der Waals surface area (Å²) in [6.07, 6.45) is 4.10. The molecule has 0 spiro atoms. The first-order valence-electron chi connectivity index (χ1n) is 15.2. The van der Waals surface area contributed by atoms with Crippen molar-refractivity contribution in [2.75, 3.05) is 20.3 Å². The van der Waals surface area contributed by atoms with Crippen molar-refractivity contribution in [3.63, 3.8) is 0 Å². The van der Waals surface area contributed by atoms with Gasteiger partial charge in [0.15, 0.2) is 0 Å². The maximum absolute atomic E-state index is 13.7. The molecular weight excluding hydrogens is 570 g/mol. The molecule has 2 aliphatic heterocycles. The second-order valence-corrected chi connectivity index (χ2v) is 12.9. The molecule has 2 amide bonds. The van der Waals surface area contributed by atoms with Crippen LogP contribution >= 0.6 is 11.3 Å². The molecule has 1 N–H and O–H groups in total. The third-order valence-corrected chi connectivity index (χ3v) is 10.3. The summed E-state index contributed by atoms with van der Waals surface area (Å²) in [5.74, 6) is -0.715. The summed E-state index contributed by atoms with van der Waals surface area (Å²) < 4.78 is 12.1. The van der Waals surface area contributed by atoms with E-state index < -0.39 is 0 Å². The van der Waals surface area contributed by atoms with Gasteiger partial charge in [0.25, 0.3) is 0 Å². The first-order chi connectivity index (χ1) is 21.5. The zero-order valence-corrected chi connectivity index (χ0v) is 25.5. The molecule has 2 saturated heterocycles. The van der Waals surface area contributed by atoms with Crippen molar-refractivity contribution in [1.82, 2.24) is 4.90 Å². The molecule has 1 aromatic heterocycles. The molecule has 0 radical (unpaired) electrons. The number of hydrogen-bond donors (Lipinski definition) is 1. The molecular formula is C37H35NO5S. The number of aromatic hydroxyl groups is 1. The molecule has 3 heterocycles. The number of ether oxygens (including phenoxy) is 2. The molecule has 3 aliphatic rings. The number of methoxy groups -OCH3 is 1. The van der Waals surface area contributed by atoms with Gasteiger partial charge in [-0.3, -0.25) is 14.5 Å². The number of benzene rings is 3. The second kappa shape index (κ2) is 12.2. The Kier molecular flexibility index (Phi) is 7.93. The Hall–Kier alpha value is -4.04. The molecule has 6 nitrogen and oxygen atoms in total. The fourth-order valence-corrected chi connectivity index (χ4v) is 8.11. The molecule has 7 rings (SSSR count). The van der Waals surface area contributed by atoms with Crippen LogP contribution < -0.4 is 0 Å². The zero-order valence-electron chi connectivity index (χ0n) is 24.6. The Morgan fingerprint density at radius 2 is 1.77 bits per heavy atom. The lowest BCUT2D eigenvalue weighted by molar-refractivity contribution is -0.140. The van der Waals surface area contributed by atoms with Gasteiger partial charge in [-0.05, 0) is 70.0 Å². The number of likely N-dealkylation sites (tertiary alicyclic amines) is 1. The van der Waals surface area contributed by atoms with E-state index in [1.807, 2.05) is 66.0 Å². The molecule has 2 fully saturated rings. The number of nitrogens with zero attached hydrogens (tertiary/aromatic N) is 1. The Morgan fingerprint density at radius 1 is 0.977 bits per heavy atom. The predicted molar refractivity (Wildman–Crippen MR) is 173 cm³/mol. The van der Waals surface area contributed by atoms with Crippen LogP contribution in [0, 0.1) is 17.8 Å². The summed E-state index contributed by atoms with van der Waals surface area (Å²) in [6, 6.07) is 25.9. The van der Waals surface area contributed by atoms with E-state index in [1.165, 1.54) is 10.5 Å². The van der Waals surface area contributed by atoms with Crippen LogP contribution in [0.25, 0.3) is 22.4 Å². The van der Waals surface area contributed by atoms with Gasteiger partial charge in [-0.25, -0.2) is 0 Å². The standard InChI is InChI=1S/C37H35NO5S/c1-42-21-26-19-30-35(37(41)38(36(30)40)20-27-10-7-17-44-27)31-22-43-33(34(26)31)16-14-24(23-8-3-2-4-9-23)18-25-13-15-32(39)29-12-6-5-11-28(25)29/h2-13,15,17-18,30-31,33,35,39H,14,16,19-22H2,1H3/b24-18-/t30-,31+,33-,35-/m1/s1. The van der Waals surface area contributed by atoms with Gasteiger partial charge in [0.2, 0.25) is 11.8 Å². The predicted octanol–water partition coefficient (Wildman–Crippen LogP) is 7.09. The molecule has 44 heavy (non-hydrogen) atoms. The van der Waals surface area contributed by atoms with Gasteiger partial charge in [0.05, 0.1) is 37.7 Å². The van der Waals surface area contributed by atoms with E-state index in [0.717, 1.165) is 50.8 Å². The number of phenolic OH excluding ortho intramolecular Hbond substituents is 1. The molecule has 0 bridgehead atoms. The topological polar surface area (TPSA) is 76.1 Å². The molecule has 1 aliphatic carbocycles. The van der Waals surface area contributed by atoms with E-state index >= 15 is 0 Å². The van der Waals surface area contributed by atoms with Crippen LogP contribution in [-0.2, 0) is 25.6 Å². The highest BCUT2D eigenvalue weighted by Gasteiger charge is 2.56. The van der Waals surface area contributed by atoms with Crippen molar-refractivity contribution in [2.45, 2.75) is 31.9 Å². The lowest BCUT2D eigenvalue weighted by Crippen LogP contribution is -2.35. The summed E-state index contributed by atoms with van der Waals surface area (Å²) in [6.45, 7) is 1.21. The van der Waals surface area contributed by atoms with Crippen LogP contribution in [0.1, 0.15) is 35.3 Å². The second-order valence-electron chi connectivity index (χ2n) is 11.9. The SMILES string of the molecule is COCC1=C2[C@@H](CC/C(=C/c3ccc(O)c4ccccc34)c3ccccc3)OC[C@@H]2[C@@H]2C(=O)N(Cc3cccs3)C(=O)[C@@H]2C1. The van der Waals surface area contributed by atoms with Crippen LogP contribution in [0.4, 0.5) is 0 Å². The van der Waals surface area contributed by atoms with Gasteiger partial charge < -0.3 is 14.6 Å². The fraction of sp³-hybridized carbons (Fsp3) is 0.297. The van der Waals surface area contributed by atoms with E-state index in [0.29, 0.717) is 26.2 Å². The van der Waals surface area contributed by atoms with Gasteiger partial charge in [-0.15, -0.1) is 11.3 Å². The summed E-state index contributed by atoms with van der Waals surface area (Å²) in [7, 11) is 1.68. The molecule has 224 valence electrons. The summed E-state index contributed by atoms with van der Waals surface area (Å²) in [5.41, 5.74) is 5.62. The first kappa shape index (κ1) is 28.7. The van der Waals surface area contributed by atoms with Gasteiger partial charge in [-0.1, -0.05) is 72.8 Å². The molecule has 7 heteroatoms. The highest BCUT2D eigenvalue weighted by atomic mass is 32.1. The Morgan fingerprint density at radius 3 is 2.55 bits per heavy atom. The summed E-state index contributed by atoms with van der Waals surface area (Å²) in [4.78, 5) is 29.8. The van der Waals surface area contributed by atoms with E-state index in [2.05, 4.69) is 18.2 Å². The fourth-order valence-electron chi connectivity index (χ4n) is 7.42. The minimum atomic E-state index is -0.379. The number of imide groups is 1. The van der Waals surface area contributed by atoms with E-state index in [4.69, 9.17) is 9.47 Å². The number of thiophene rings is 1. The lowest BCUT2D eigenvalue weighted by atomic mass is 9.69. The minimum Gasteiger partial charge on any atom is -0.507 e. The van der Waals surface area contributed by atoms with E-state index in [9.17, 15) is 14.7 Å². The average molecular weight is 606 g/mol. The number of phenols is 1. The van der Waals surface area contributed by atoms with Crippen LogP contribution in [0.5, 0.6) is 5.75 Å². The van der Waals surface area contributed by atoms with Crippen LogP contribution in [0.2, 0.25) is 0 Å². The Labute approximate surface area is 261 Å². The summed E-state index contributed by atoms with van der Waals surface area (Å²) >= 11 is 1.57. The number of rotatable bonds is 9. The molecule has 0 saturated carbocycles. The smallest absolute Gasteiger partial charge is 0.234 e. The number of hydrogen-bond acceptors (Lipinski definition) is 6. The Balaban J connectivity index is 1.18. The van der Waals surface area contributed by atoms with Gasteiger partial charge in [-0.2, -0.15) is 0 Å². The number of fused-ring (bicyclic) bond motifs is 4. The van der Waals surface area contributed by atoms with Gasteiger partial charge >= 0.3 is 0 Å². The average Bonchev–Trinajstić information content (AvgIpc) is 3.78. The van der Waals surface area contributed by atoms with Crippen molar-refractivity contribution in [2.24, 2.45) is 17.8 Å². The third kappa shape index (κ3) is 5.19. The number of carbonyl (C=O) groups excluding carboxylic acids is 2. The number of amides is 2. The van der Waals surface area contributed by atoms with Crippen molar-refractivity contribution < 1.29 is 24.2 Å². The van der Waals surface area contributed by atoms with Crippen molar-refractivity contribution in [3.8, 4) is 5.75 Å². The molecule has 4 aromatic rings. The monoisotopic (exact) mass is 605 g/mol. The third-order valence-electron chi connectivity index (χ3n) is 9.40. The number of carbonyl (C=O) groups is 2. The van der Waals surface area contributed by atoms with Crippen LogP contribution in [0.15, 0.2) is 95.4 Å². The first-order valence-corrected chi connectivity index (χ1v) is 16.1. The van der Waals surface area contributed by atoms with E-state index in [-0.39, 0.29) is 41.4 Å². The van der Waals surface area contributed by atoms with Gasteiger partial charge in [0, 0.05) is 23.3 Å². The molecule has 4 atom stereocenters.